The van der Waals surface area contributed by atoms with Gasteiger partial charge in [-0.2, -0.15) is 0 Å². The van der Waals surface area contributed by atoms with Crippen LogP contribution in [0.2, 0.25) is 0 Å². The van der Waals surface area contributed by atoms with Gasteiger partial charge in [0.1, 0.15) is 0 Å². The van der Waals surface area contributed by atoms with Crippen LogP contribution in [0.3, 0.4) is 0 Å². The van der Waals surface area contributed by atoms with Gasteiger partial charge in [-0.15, -0.1) is 0 Å². The number of aliphatic imine (C=N–C) groups is 2. The van der Waals surface area contributed by atoms with Gasteiger partial charge in [0, 0.05) is 0 Å². The van der Waals surface area contributed by atoms with Gasteiger partial charge in [0.2, 0.25) is 0 Å². The first-order chi connectivity index (χ1) is 5.72. The Morgan fingerprint density at radius 3 is 1.50 bits per heavy atom. The first-order valence-corrected chi connectivity index (χ1v) is 3.96. The first-order valence-electron chi connectivity index (χ1n) is 3.96. The largest absolute Gasteiger partial charge is 0.394 e. The highest BCUT2D eigenvalue weighted by molar-refractivity contribution is 6.40. The summed E-state index contributed by atoms with van der Waals surface area (Å²) in [6, 6.07) is 0. The molecule has 4 heteroatoms. The quantitative estimate of drug-likeness (QED) is 0.568. The fourth-order valence-corrected chi connectivity index (χ4v) is 0.664. The summed E-state index contributed by atoms with van der Waals surface area (Å²) in [5.74, 6) is 0. The van der Waals surface area contributed by atoms with Gasteiger partial charge in [0.05, 0.1) is 37.7 Å². The van der Waals surface area contributed by atoms with E-state index < -0.39 is 0 Å². The van der Waals surface area contributed by atoms with E-state index in [4.69, 9.17) is 10.2 Å². The highest BCUT2D eigenvalue weighted by Crippen LogP contribution is 1.85. The Bertz CT molecular complexity index is 156. The molecule has 0 fully saturated rings. The third kappa shape index (κ3) is 4.98. The standard InChI is InChI=1S/C8H16N2O2/c1-7(9-3-5-11)8(2)10-4-6-12/h11-12H,3-6H2,1-2H3. The molecule has 4 nitrogen and oxygen atoms in total. The molecule has 0 amide bonds. The fourth-order valence-electron chi connectivity index (χ4n) is 0.664. The number of hydrogen-bond acceptors (Lipinski definition) is 4. The molecule has 70 valence electrons. The van der Waals surface area contributed by atoms with Crippen LogP contribution >= 0.6 is 0 Å². The smallest absolute Gasteiger partial charge is 0.0627 e. The van der Waals surface area contributed by atoms with E-state index in [0.29, 0.717) is 13.1 Å². The minimum atomic E-state index is 0.0601. The maximum absolute atomic E-state index is 8.49. The van der Waals surface area contributed by atoms with Crippen LogP contribution in [0.5, 0.6) is 0 Å². The molecular formula is C8H16N2O2. The van der Waals surface area contributed by atoms with Crippen molar-refractivity contribution >= 4 is 11.4 Å². The van der Waals surface area contributed by atoms with E-state index in [-0.39, 0.29) is 13.2 Å². The number of hydrogen-bond donors (Lipinski definition) is 2. The summed E-state index contributed by atoms with van der Waals surface area (Å²) in [7, 11) is 0. The lowest BCUT2D eigenvalue weighted by Crippen LogP contribution is -2.09. The molecule has 0 aromatic rings. The first kappa shape index (κ1) is 11.3. The Hall–Kier alpha value is -0.740. The minimum absolute atomic E-state index is 0.0601. The molecule has 0 radical (unpaired) electrons. The summed E-state index contributed by atoms with van der Waals surface area (Å²) in [4.78, 5) is 8.10. The van der Waals surface area contributed by atoms with Gasteiger partial charge in [-0.05, 0) is 13.8 Å². The molecule has 0 aromatic carbocycles. The third-order valence-corrected chi connectivity index (χ3v) is 1.42. The fraction of sp³-hybridized carbons (Fsp3) is 0.750. The number of aliphatic hydroxyl groups is 2. The summed E-state index contributed by atoms with van der Waals surface area (Å²) in [5.41, 5.74) is 1.63. The number of rotatable bonds is 5. The molecule has 0 aliphatic heterocycles. The van der Waals surface area contributed by atoms with Gasteiger partial charge in [0.25, 0.3) is 0 Å². The monoisotopic (exact) mass is 172 g/mol. The lowest BCUT2D eigenvalue weighted by atomic mass is 10.3. The number of aliphatic hydroxyl groups excluding tert-OH is 2. The van der Waals surface area contributed by atoms with Gasteiger partial charge < -0.3 is 10.2 Å². The van der Waals surface area contributed by atoms with E-state index in [2.05, 4.69) is 9.98 Å². The van der Waals surface area contributed by atoms with Gasteiger partial charge in [-0.1, -0.05) is 0 Å². The van der Waals surface area contributed by atoms with Crippen molar-refractivity contribution in [3.05, 3.63) is 0 Å². The molecule has 0 heterocycles. The summed E-state index contributed by atoms with van der Waals surface area (Å²) in [6.07, 6.45) is 0. The summed E-state index contributed by atoms with van der Waals surface area (Å²) in [5, 5.41) is 17.0. The molecule has 0 aliphatic carbocycles. The zero-order valence-electron chi connectivity index (χ0n) is 7.62. The molecule has 12 heavy (non-hydrogen) atoms. The van der Waals surface area contributed by atoms with Crippen molar-refractivity contribution in [2.24, 2.45) is 9.98 Å². The van der Waals surface area contributed by atoms with Crippen molar-refractivity contribution in [2.45, 2.75) is 13.8 Å². The maximum atomic E-state index is 8.49. The Labute approximate surface area is 72.7 Å². The molecule has 0 rings (SSSR count). The van der Waals surface area contributed by atoms with Crippen molar-refractivity contribution in [1.29, 1.82) is 0 Å². The van der Waals surface area contributed by atoms with Crippen LogP contribution in [0.1, 0.15) is 13.8 Å². The molecule has 0 atom stereocenters. The predicted molar refractivity (Wildman–Crippen MR) is 50.1 cm³/mol. The average molecular weight is 172 g/mol. The summed E-state index contributed by atoms with van der Waals surface area (Å²) in [6.45, 7) is 4.63. The van der Waals surface area contributed by atoms with E-state index >= 15 is 0 Å². The van der Waals surface area contributed by atoms with Crippen molar-refractivity contribution < 1.29 is 10.2 Å². The second-order valence-electron chi connectivity index (χ2n) is 2.38. The molecule has 0 saturated heterocycles. The van der Waals surface area contributed by atoms with E-state index in [1.54, 1.807) is 0 Å². The second-order valence-corrected chi connectivity index (χ2v) is 2.38. The lowest BCUT2D eigenvalue weighted by Gasteiger charge is -1.98. The summed E-state index contributed by atoms with van der Waals surface area (Å²) < 4.78 is 0. The van der Waals surface area contributed by atoms with Crippen LogP contribution < -0.4 is 0 Å². The van der Waals surface area contributed by atoms with Crippen LogP contribution in [0.4, 0.5) is 0 Å². The molecule has 0 aromatic heterocycles. The van der Waals surface area contributed by atoms with Gasteiger partial charge >= 0.3 is 0 Å². The molecule has 0 bridgehead atoms. The zero-order valence-corrected chi connectivity index (χ0v) is 7.62. The molecular weight excluding hydrogens is 156 g/mol. The van der Waals surface area contributed by atoms with Crippen molar-refractivity contribution in [1.82, 2.24) is 0 Å². The molecule has 0 aliphatic rings. The van der Waals surface area contributed by atoms with Crippen LogP contribution in [0, 0.1) is 0 Å². The van der Waals surface area contributed by atoms with Crippen molar-refractivity contribution in [2.75, 3.05) is 26.3 Å². The topological polar surface area (TPSA) is 65.2 Å². The normalized spacial score (nSPS) is 13.7. The SMILES string of the molecule is CC(=NCCO)C(C)=NCCO. The van der Waals surface area contributed by atoms with Crippen LogP contribution in [-0.4, -0.2) is 47.9 Å². The van der Waals surface area contributed by atoms with E-state index in [1.807, 2.05) is 13.8 Å². The van der Waals surface area contributed by atoms with Crippen LogP contribution in [-0.2, 0) is 0 Å². The van der Waals surface area contributed by atoms with Crippen LogP contribution in [0.25, 0.3) is 0 Å². The van der Waals surface area contributed by atoms with E-state index in [0.717, 1.165) is 11.4 Å². The highest BCUT2D eigenvalue weighted by atomic mass is 16.3. The van der Waals surface area contributed by atoms with Gasteiger partial charge in [-0.25, -0.2) is 0 Å². The highest BCUT2D eigenvalue weighted by Gasteiger charge is 1.94. The second kappa shape index (κ2) is 6.94. The minimum Gasteiger partial charge on any atom is -0.394 e. The maximum Gasteiger partial charge on any atom is 0.0627 e. The molecule has 2 N–H and O–H groups in total. The number of nitrogens with zero attached hydrogens (tertiary/aromatic N) is 2. The van der Waals surface area contributed by atoms with E-state index in [1.165, 1.54) is 0 Å². The molecule has 0 spiro atoms. The Morgan fingerprint density at radius 1 is 0.917 bits per heavy atom. The summed E-state index contributed by atoms with van der Waals surface area (Å²) >= 11 is 0. The average Bonchev–Trinajstić information content (AvgIpc) is 2.10. The van der Waals surface area contributed by atoms with Crippen molar-refractivity contribution in [3.63, 3.8) is 0 Å². The lowest BCUT2D eigenvalue weighted by molar-refractivity contribution is 0.306. The Balaban J connectivity index is 3.98. The van der Waals surface area contributed by atoms with Gasteiger partial charge in [0.15, 0.2) is 0 Å². The van der Waals surface area contributed by atoms with Crippen LogP contribution in [0.15, 0.2) is 9.98 Å². The van der Waals surface area contributed by atoms with Gasteiger partial charge in [-0.3, -0.25) is 9.98 Å². The molecule has 0 unspecified atom stereocenters. The zero-order chi connectivity index (χ0) is 9.40. The molecule has 0 saturated carbocycles. The predicted octanol–water partition coefficient (Wildman–Crippen LogP) is -0.107. The third-order valence-electron chi connectivity index (χ3n) is 1.42. The van der Waals surface area contributed by atoms with Crippen molar-refractivity contribution in [3.8, 4) is 0 Å². The Kier molecular flexibility index (Phi) is 6.51. The Morgan fingerprint density at radius 2 is 1.25 bits per heavy atom. The van der Waals surface area contributed by atoms with E-state index in [9.17, 15) is 0 Å².